The molecular formula is C29H35F2N7O4S. The minimum Gasteiger partial charge on any atom is -0.379 e. The SMILES string of the molecule is CN1CCN(c2ccc(C(=O)Nc3n[nH]c4c3CN(S(=O)(=O)c3cc(F)cc(F)c3)CC4)c(CN3CCOCC3)c2)CC1. The van der Waals surface area contributed by atoms with Crippen LogP contribution >= 0.6 is 0 Å². The number of hydrogen-bond acceptors (Lipinski definition) is 8. The Kier molecular flexibility index (Phi) is 8.47. The number of nitrogens with zero attached hydrogens (tertiary/aromatic N) is 5. The Morgan fingerprint density at radius 1 is 1.00 bits per heavy atom. The van der Waals surface area contributed by atoms with Crippen molar-refractivity contribution in [2.24, 2.45) is 0 Å². The lowest BCUT2D eigenvalue weighted by Crippen LogP contribution is -2.44. The Hall–Kier alpha value is -3.43. The Balaban J connectivity index is 1.24. The topological polar surface area (TPSA) is 114 Å². The molecule has 1 amide bonds. The molecule has 2 aromatic carbocycles. The van der Waals surface area contributed by atoms with Crippen molar-refractivity contribution in [3.05, 3.63) is 70.4 Å². The number of piperazine rings is 1. The molecule has 1 aromatic heterocycles. The van der Waals surface area contributed by atoms with E-state index in [0.717, 1.165) is 67.0 Å². The predicted molar refractivity (Wildman–Crippen MR) is 156 cm³/mol. The Labute approximate surface area is 249 Å². The number of nitrogens with one attached hydrogen (secondary N) is 2. The fourth-order valence-corrected chi connectivity index (χ4v) is 7.23. The lowest BCUT2D eigenvalue weighted by molar-refractivity contribution is 0.0341. The lowest BCUT2D eigenvalue weighted by atomic mass is 10.0. The number of ether oxygens (including phenoxy) is 1. The van der Waals surface area contributed by atoms with Gasteiger partial charge in [0.25, 0.3) is 5.91 Å². The summed E-state index contributed by atoms with van der Waals surface area (Å²) in [4.78, 5) is 20.1. The molecule has 0 radical (unpaired) electrons. The lowest BCUT2D eigenvalue weighted by Gasteiger charge is -2.34. The van der Waals surface area contributed by atoms with Crippen LogP contribution in [0.1, 0.15) is 27.2 Å². The van der Waals surface area contributed by atoms with Crippen LogP contribution in [-0.4, -0.2) is 105 Å². The first-order valence-electron chi connectivity index (χ1n) is 14.4. The van der Waals surface area contributed by atoms with Gasteiger partial charge in [-0.25, -0.2) is 17.2 Å². The third-order valence-corrected chi connectivity index (χ3v) is 10.1. The number of morpholine rings is 1. The van der Waals surface area contributed by atoms with Crippen LogP contribution in [0, 0.1) is 11.6 Å². The first-order valence-corrected chi connectivity index (χ1v) is 15.8. The highest BCUT2D eigenvalue weighted by atomic mass is 32.2. The number of aromatic amines is 1. The minimum absolute atomic E-state index is 0.0977. The fraction of sp³-hybridized carbons (Fsp3) is 0.448. The van der Waals surface area contributed by atoms with Crippen LogP contribution in [0.4, 0.5) is 20.3 Å². The maximum absolute atomic E-state index is 13.8. The summed E-state index contributed by atoms with van der Waals surface area (Å²) in [5.74, 6) is -2.07. The Morgan fingerprint density at radius 3 is 2.44 bits per heavy atom. The summed E-state index contributed by atoms with van der Waals surface area (Å²) in [5.41, 5.74) is 3.68. The summed E-state index contributed by atoms with van der Waals surface area (Å²) in [6, 6.07) is 8.12. The number of hydrogen-bond donors (Lipinski definition) is 2. The molecule has 43 heavy (non-hydrogen) atoms. The highest BCUT2D eigenvalue weighted by molar-refractivity contribution is 7.89. The van der Waals surface area contributed by atoms with Crippen molar-refractivity contribution in [3.8, 4) is 0 Å². The van der Waals surface area contributed by atoms with Crippen molar-refractivity contribution in [1.82, 2.24) is 24.3 Å². The molecule has 3 aliphatic rings. The van der Waals surface area contributed by atoms with Crippen LogP contribution in [0.25, 0.3) is 0 Å². The molecule has 0 saturated carbocycles. The van der Waals surface area contributed by atoms with Gasteiger partial charge in [-0.05, 0) is 42.9 Å². The van der Waals surface area contributed by atoms with Gasteiger partial charge in [0.2, 0.25) is 10.0 Å². The molecule has 4 heterocycles. The van der Waals surface area contributed by atoms with E-state index in [1.54, 1.807) is 0 Å². The summed E-state index contributed by atoms with van der Waals surface area (Å²) in [6.07, 6.45) is 0.303. The molecule has 2 N–H and O–H groups in total. The van der Waals surface area contributed by atoms with E-state index in [0.29, 0.717) is 49.1 Å². The summed E-state index contributed by atoms with van der Waals surface area (Å²) >= 11 is 0. The van der Waals surface area contributed by atoms with Crippen molar-refractivity contribution in [3.63, 3.8) is 0 Å². The van der Waals surface area contributed by atoms with E-state index >= 15 is 0 Å². The molecule has 0 bridgehead atoms. The molecule has 3 aromatic rings. The standard InChI is InChI=1S/C29H35F2N7O4S/c1-35-6-8-37(9-7-35)23-2-3-25(20(14-23)18-36-10-12-42-13-11-36)29(39)32-28-26-19-38(5-4-27(26)33-34-28)43(40,41)24-16-21(30)15-22(31)17-24/h2-3,14-17H,4-13,18-19H2,1H3,(H2,32,33,34,39). The van der Waals surface area contributed by atoms with Crippen molar-refractivity contribution in [2.45, 2.75) is 24.4 Å². The molecule has 230 valence electrons. The first kappa shape index (κ1) is 29.6. The molecule has 3 aliphatic heterocycles. The van der Waals surface area contributed by atoms with Crippen LogP contribution < -0.4 is 10.2 Å². The average Bonchev–Trinajstić information content (AvgIpc) is 3.39. The molecule has 0 aliphatic carbocycles. The third kappa shape index (κ3) is 6.43. The van der Waals surface area contributed by atoms with Crippen LogP contribution in [-0.2, 0) is 34.3 Å². The van der Waals surface area contributed by atoms with Crippen LogP contribution in [0.5, 0.6) is 0 Å². The zero-order valence-electron chi connectivity index (χ0n) is 24.0. The smallest absolute Gasteiger partial charge is 0.257 e. The zero-order chi connectivity index (χ0) is 30.1. The van der Waals surface area contributed by atoms with Gasteiger partial charge in [0.1, 0.15) is 11.6 Å². The van der Waals surface area contributed by atoms with E-state index in [9.17, 15) is 22.0 Å². The van der Waals surface area contributed by atoms with E-state index in [1.807, 2.05) is 12.1 Å². The van der Waals surface area contributed by atoms with Gasteiger partial charge in [0.15, 0.2) is 5.82 Å². The van der Waals surface area contributed by atoms with Gasteiger partial charge in [-0.15, -0.1) is 0 Å². The zero-order valence-corrected chi connectivity index (χ0v) is 24.8. The third-order valence-electron chi connectivity index (χ3n) is 8.30. The number of rotatable bonds is 7. The second-order valence-electron chi connectivity index (χ2n) is 11.2. The number of anilines is 2. The molecule has 0 unspecified atom stereocenters. The van der Waals surface area contributed by atoms with Gasteiger partial charge in [0, 0.05) is 93.9 Å². The summed E-state index contributed by atoms with van der Waals surface area (Å²) in [7, 11) is -2.08. The highest BCUT2D eigenvalue weighted by Crippen LogP contribution is 2.30. The minimum atomic E-state index is -4.19. The van der Waals surface area contributed by atoms with Crippen molar-refractivity contribution < 1.29 is 26.7 Å². The Morgan fingerprint density at radius 2 is 1.72 bits per heavy atom. The van der Waals surface area contributed by atoms with E-state index in [-0.39, 0.29) is 24.8 Å². The second kappa shape index (κ2) is 12.3. The number of carbonyl (C=O) groups excluding carboxylic acids is 1. The molecule has 0 atom stereocenters. The molecule has 0 spiro atoms. The number of fused-ring (bicyclic) bond motifs is 1. The molecule has 2 saturated heterocycles. The van der Waals surface area contributed by atoms with E-state index in [4.69, 9.17) is 4.74 Å². The largest absolute Gasteiger partial charge is 0.379 e. The number of aromatic nitrogens is 2. The number of benzene rings is 2. The predicted octanol–water partition coefficient (Wildman–Crippen LogP) is 2.27. The monoisotopic (exact) mass is 615 g/mol. The van der Waals surface area contributed by atoms with Crippen molar-refractivity contribution in [2.75, 3.05) is 76.3 Å². The number of amides is 1. The van der Waals surface area contributed by atoms with Gasteiger partial charge in [-0.1, -0.05) is 0 Å². The maximum atomic E-state index is 13.8. The number of H-pyrrole nitrogens is 1. The van der Waals surface area contributed by atoms with Gasteiger partial charge in [-0.2, -0.15) is 9.40 Å². The van der Waals surface area contributed by atoms with Gasteiger partial charge >= 0.3 is 0 Å². The maximum Gasteiger partial charge on any atom is 0.257 e. The molecular weight excluding hydrogens is 580 g/mol. The van der Waals surface area contributed by atoms with Crippen LogP contribution in [0.2, 0.25) is 0 Å². The number of halogens is 2. The fourth-order valence-electron chi connectivity index (χ4n) is 5.77. The van der Waals surface area contributed by atoms with Crippen LogP contribution in [0.15, 0.2) is 41.3 Å². The second-order valence-corrected chi connectivity index (χ2v) is 13.1. The van der Waals surface area contributed by atoms with Gasteiger partial charge < -0.3 is 19.9 Å². The van der Waals surface area contributed by atoms with E-state index in [2.05, 4.69) is 43.3 Å². The number of sulfonamides is 1. The van der Waals surface area contributed by atoms with Crippen molar-refractivity contribution >= 4 is 27.4 Å². The van der Waals surface area contributed by atoms with Gasteiger partial charge in [-0.3, -0.25) is 14.8 Å². The number of likely N-dealkylation sites (N-methyl/N-ethyl adjacent to an activating group) is 1. The normalized spacial score (nSPS) is 18.9. The highest BCUT2D eigenvalue weighted by Gasteiger charge is 2.32. The van der Waals surface area contributed by atoms with Crippen molar-refractivity contribution in [1.29, 1.82) is 0 Å². The molecule has 11 nitrogen and oxygen atoms in total. The average molecular weight is 616 g/mol. The molecule has 14 heteroatoms. The Bertz CT molecular complexity index is 1580. The van der Waals surface area contributed by atoms with E-state index in [1.165, 1.54) is 0 Å². The van der Waals surface area contributed by atoms with E-state index < -0.39 is 26.6 Å². The summed E-state index contributed by atoms with van der Waals surface area (Å²) in [6.45, 7) is 7.13. The summed E-state index contributed by atoms with van der Waals surface area (Å²) < 4.78 is 60.8. The first-order chi connectivity index (χ1) is 20.7. The molecule has 2 fully saturated rings. The van der Waals surface area contributed by atoms with Gasteiger partial charge in [0.05, 0.1) is 18.1 Å². The summed E-state index contributed by atoms with van der Waals surface area (Å²) in [5, 5.41) is 10.1. The number of carbonyl (C=O) groups is 1. The van der Waals surface area contributed by atoms with Crippen LogP contribution in [0.3, 0.4) is 0 Å². The molecule has 6 rings (SSSR count). The quantitative estimate of drug-likeness (QED) is 0.416.